The lowest BCUT2D eigenvalue weighted by Crippen LogP contribution is -2.41. The maximum absolute atomic E-state index is 12.5. The van der Waals surface area contributed by atoms with Gasteiger partial charge in [0.25, 0.3) is 5.91 Å². The highest BCUT2D eigenvalue weighted by Gasteiger charge is 2.34. The molecule has 0 aromatic carbocycles. The minimum atomic E-state index is -3.63. The first-order valence-electron chi connectivity index (χ1n) is 8.79. The van der Waals surface area contributed by atoms with Crippen LogP contribution in [-0.2, 0) is 29.1 Å². The molecule has 2 aliphatic rings. The van der Waals surface area contributed by atoms with Crippen LogP contribution in [0.5, 0.6) is 0 Å². The number of pyridine rings is 1. The average molecular weight is 395 g/mol. The first kappa shape index (κ1) is 19.4. The van der Waals surface area contributed by atoms with Crippen LogP contribution in [0.3, 0.4) is 0 Å². The zero-order valence-corrected chi connectivity index (χ0v) is 15.6. The lowest BCUT2D eigenvalue weighted by atomic mass is 9.98. The summed E-state index contributed by atoms with van der Waals surface area (Å²) in [5.74, 6) is -1.76. The fourth-order valence-corrected chi connectivity index (χ4v) is 4.66. The van der Waals surface area contributed by atoms with Crippen LogP contribution < -0.4 is 0 Å². The number of likely N-dealkylation sites (tertiary alicyclic amines) is 1. The van der Waals surface area contributed by atoms with Gasteiger partial charge in [-0.15, -0.1) is 0 Å². The first-order chi connectivity index (χ1) is 12.9. The Morgan fingerprint density at radius 1 is 1.22 bits per heavy atom. The second kappa shape index (κ2) is 8.13. The molecule has 2 amide bonds. The molecule has 27 heavy (non-hydrogen) atoms. The van der Waals surface area contributed by atoms with Gasteiger partial charge >= 0.3 is 5.97 Å². The molecule has 3 rings (SSSR count). The van der Waals surface area contributed by atoms with E-state index in [1.54, 1.807) is 6.07 Å². The van der Waals surface area contributed by atoms with E-state index in [1.165, 1.54) is 22.8 Å². The van der Waals surface area contributed by atoms with Crippen molar-refractivity contribution in [3.05, 3.63) is 24.5 Å². The number of esters is 1. The molecule has 0 spiro atoms. The Balaban J connectivity index is 1.49. The monoisotopic (exact) mass is 395 g/mol. The number of ether oxygens (including phenoxy) is 1. The van der Waals surface area contributed by atoms with Gasteiger partial charge in [0.15, 0.2) is 6.61 Å². The number of carbonyl (C=O) groups is 3. The fourth-order valence-electron chi connectivity index (χ4n) is 3.22. The van der Waals surface area contributed by atoms with Crippen LogP contribution in [0.25, 0.3) is 0 Å². The number of piperidine rings is 1. The van der Waals surface area contributed by atoms with E-state index in [1.807, 2.05) is 0 Å². The van der Waals surface area contributed by atoms with E-state index >= 15 is 0 Å². The summed E-state index contributed by atoms with van der Waals surface area (Å²) in [4.78, 5) is 40.6. The number of carbonyl (C=O) groups excluding carboxylic acids is 3. The zero-order chi connectivity index (χ0) is 19.4. The van der Waals surface area contributed by atoms with E-state index in [4.69, 9.17) is 4.74 Å². The van der Waals surface area contributed by atoms with Crippen LogP contribution in [0.1, 0.15) is 25.7 Å². The van der Waals surface area contributed by atoms with Gasteiger partial charge in [-0.3, -0.25) is 24.3 Å². The van der Waals surface area contributed by atoms with Gasteiger partial charge in [0.2, 0.25) is 15.9 Å². The minimum absolute atomic E-state index is 0.118. The number of rotatable bonds is 5. The molecule has 0 aliphatic carbocycles. The summed E-state index contributed by atoms with van der Waals surface area (Å²) in [6.45, 7) is 0.281. The van der Waals surface area contributed by atoms with E-state index in [9.17, 15) is 22.8 Å². The third-order valence-corrected chi connectivity index (χ3v) is 6.65. The van der Waals surface area contributed by atoms with Crippen molar-refractivity contribution in [2.75, 3.05) is 26.2 Å². The first-order valence-corrected chi connectivity index (χ1v) is 10.2. The van der Waals surface area contributed by atoms with Crippen molar-refractivity contribution in [1.82, 2.24) is 14.2 Å². The molecule has 9 nitrogen and oxygen atoms in total. The average Bonchev–Trinajstić information content (AvgIpc) is 3.12. The number of amides is 2. The van der Waals surface area contributed by atoms with Crippen LogP contribution in [0.15, 0.2) is 29.4 Å². The Labute approximate surface area is 157 Å². The maximum atomic E-state index is 12.5. The predicted molar refractivity (Wildman–Crippen MR) is 92.6 cm³/mol. The molecule has 10 heteroatoms. The molecule has 146 valence electrons. The third-order valence-electron chi connectivity index (χ3n) is 4.77. The van der Waals surface area contributed by atoms with Crippen LogP contribution in [0.4, 0.5) is 0 Å². The van der Waals surface area contributed by atoms with Crippen molar-refractivity contribution in [3.8, 4) is 0 Å². The van der Waals surface area contributed by atoms with Crippen LogP contribution in [0, 0.1) is 5.92 Å². The van der Waals surface area contributed by atoms with Crippen molar-refractivity contribution >= 4 is 27.8 Å². The van der Waals surface area contributed by atoms with Crippen molar-refractivity contribution in [3.63, 3.8) is 0 Å². The molecular formula is C17H21N3O6S. The normalized spacial score (nSPS) is 19.3. The molecule has 0 N–H and O–H groups in total. The Morgan fingerprint density at radius 2 is 1.96 bits per heavy atom. The van der Waals surface area contributed by atoms with Crippen molar-refractivity contribution in [2.45, 2.75) is 30.6 Å². The van der Waals surface area contributed by atoms with Crippen molar-refractivity contribution in [1.29, 1.82) is 0 Å². The van der Waals surface area contributed by atoms with Crippen molar-refractivity contribution in [2.24, 2.45) is 5.92 Å². The summed E-state index contributed by atoms with van der Waals surface area (Å²) in [5.41, 5.74) is 0. The molecule has 2 saturated heterocycles. The molecule has 1 aromatic heterocycles. The summed E-state index contributed by atoms with van der Waals surface area (Å²) in [6.07, 6.45) is 4.38. The standard InChI is InChI=1S/C17H21N3O6S/c21-15-4-2-8-20(15)16(22)12-26-17(23)13-5-9-19(10-6-13)27(24,25)14-3-1-7-18-11-14/h1,3,7,11,13H,2,4-6,8-10,12H2. The number of nitrogens with zero attached hydrogens (tertiary/aromatic N) is 3. The smallest absolute Gasteiger partial charge is 0.309 e. The molecule has 1 aromatic rings. The molecule has 0 atom stereocenters. The molecular weight excluding hydrogens is 374 g/mol. The molecule has 0 unspecified atom stereocenters. The molecule has 2 aliphatic heterocycles. The van der Waals surface area contributed by atoms with E-state index in [-0.39, 0.29) is 23.9 Å². The zero-order valence-electron chi connectivity index (χ0n) is 14.7. The minimum Gasteiger partial charge on any atom is -0.455 e. The van der Waals surface area contributed by atoms with Gasteiger partial charge in [0.05, 0.1) is 5.92 Å². The fraction of sp³-hybridized carbons (Fsp3) is 0.529. The highest BCUT2D eigenvalue weighted by molar-refractivity contribution is 7.89. The number of aromatic nitrogens is 1. The van der Waals surface area contributed by atoms with Gasteiger partial charge in [0, 0.05) is 38.4 Å². The topological polar surface area (TPSA) is 114 Å². The van der Waals surface area contributed by atoms with Crippen molar-refractivity contribution < 1.29 is 27.5 Å². The Hall–Kier alpha value is -2.33. The molecule has 2 fully saturated rings. The lowest BCUT2D eigenvalue weighted by molar-refractivity contribution is -0.158. The highest BCUT2D eigenvalue weighted by atomic mass is 32.2. The van der Waals surface area contributed by atoms with Gasteiger partial charge in [-0.25, -0.2) is 8.42 Å². The summed E-state index contributed by atoms with van der Waals surface area (Å²) in [5, 5.41) is 0. The van der Waals surface area contributed by atoms with E-state index in [0.29, 0.717) is 32.2 Å². The molecule has 0 bridgehead atoms. The van der Waals surface area contributed by atoms with Crippen LogP contribution >= 0.6 is 0 Å². The second-order valence-electron chi connectivity index (χ2n) is 6.52. The predicted octanol–water partition coefficient (Wildman–Crippen LogP) is 0.175. The number of hydrogen-bond donors (Lipinski definition) is 0. The van der Waals surface area contributed by atoms with Gasteiger partial charge in [-0.2, -0.15) is 4.31 Å². The SMILES string of the molecule is O=C(OCC(=O)N1CCCC1=O)C1CCN(S(=O)(=O)c2cccnc2)CC1. The van der Waals surface area contributed by atoms with E-state index in [0.717, 1.165) is 4.90 Å². The summed E-state index contributed by atoms with van der Waals surface area (Å²) in [7, 11) is -3.63. The molecule has 0 saturated carbocycles. The summed E-state index contributed by atoms with van der Waals surface area (Å²) in [6, 6.07) is 3.03. The lowest BCUT2D eigenvalue weighted by Gasteiger charge is -2.30. The van der Waals surface area contributed by atoms with Gasteiger partial charge in [0.1, 0.15) is 4.90 Å². The summed E-state index contributed by atoms with van der Waals surface area (Å²) >= 11 is 0. The van der Waals surface area contributed by atoms with E-state index in [2.05, 4.69) is 4.98 Å². The third kappa shape index (κ3) is 4.33. The van der Waals surface area contributed by atoms with E-state index < -0.39 is 34.4 Å². The number of imide groups is 1. The number of hydrogen-bond acceptors (Lipinski definition) is 7. The Morgan fingerprint density at radius 3 is 2.56 bits per heavy atom. The highest BCUT2D eigenvalue weighted by Crippen LogP contribution is 2.24. The Bertz CT molecular complexity index is 818. The number of sulfonamides is 1. The quantitative estimate of drug-likeness (QED) is 0.653. The maximum Gasteiger partial charge on any atom is 0.309 e. The van der Waals surface area contributed by atoms with Gasteiger partial charge in [-0.05, 0) is 31.4 Å². The van der Waals surface area contributed by atoms with Gasteiger partial charge in [-0.1, -0.05) is 0 Å². The van der Waals surface area contributed by atoms with Gasteiger partial charge < -0.3 is 4.74 Å². The Kier molecular flexibility index (Phi) is 5.85. The second-order valence-corrected chi connectivity index (χ2v) is 8.46. The van der Waals surface area contributed by atoms with Crippen LogP contribution in [0.2, 0.25) is 0 Å². The largest absolute Gasteiger partial charge is 0.455 e. The van der Waals surface area contributed by atoms with Crippen LogP contribution in [-0.4, -0.2) is 66.6 Å². The molecule has 0 radical (unpaired) electrons. The molecule has 3 heterocycles. The summed E-state index contributed by atoms with van der Waals surface area (Å²) < 4.78 is 31.5.